The Hall–Kier alpha value is -3.81. The fourth-order valence-corrected chi connectivity index (χ4v) is 4.15. The van der Waals surface area contributed by atoms with Gasteiger partial charge in [0.1, 0.15) is 17.5 Å². The van der Waals surface area contributed by atoms with E-state index in [9.17, 15) is 9.59 Å². The van der Waals surface area contributed by atoms with Crippen molar-refractivity contribution in [2.24, 2.45) is 5.92 Å². The van der Waals surface area contributed by atoms with Crippen LogP contribution in [-0.4, -0.2) is 48.4 Å². The highest BCUT2D eigenvalue weighted by Crippen LogP contribution is 2.38. The first-order valence-corrected chi connectivity index (χ1v) is 12.8. The zero-order valence-electron chi connectivity index (χ0n) is 22.4. The maximum Gasteiger partial charge on any atom is 0.272 e. The third-order valence-electron chi connectivity index (χ3n) is 5.97. The van der Waals surface area contributed by atoms with Crippen LogP contribution in [0.15, 0.2) is 54.6 Å². The number of rotatable bonds is 13. The highest BCUT2D eigenvalue weighted by molar-refractivity contribution is 5.97. The van der Waals surface area contributed by atoms with Gasteiger partial charge in [0.25, 0.3) is 5.91 Å². The zero-order valence-corrected chi connectivity index (χ0v) is 22.4. The predicted molar refractivity (Wildman–Crippen MR) is 145 cm³/mol. The van der Waals surface area contributed by atoms with Crippen LogP contribution < -0.4 is 20.1 Å². The summed E-state index contributed by atoms with van der Waals surface area (Å²) in [4.78, 5) is 26.3. The minimum Gasteiger partial charge on any atom is -0.496 e. The summed E-state index contributed by atoms with van der Waals surface area (Å²) < 4.78 is 13.0. The Labute approximate surface area is 219 Å². The van der Waals surface area contributed by atoms with Crippen molar-refractivity contribution in [3.63, 3.8) is 0 Å². The molecule has 8 nitrogen and oxygen atoms in total. The Bertz CT molecular complexity index is 1150. The monoisotopic (exact) mass is 506 g/mol. The lowest BCUT2D eigenvalue weighted by Crippen LogP contribution is -2.47. The molecule has 37 heavy (non-hydrogen) atoms. The van der Waals surface area contributed by atoms with Crippen LogP contribution in [0.4, 0.5) is 0 Å². The molecule has 1 atom stereocenters. The predicted octanol–water partition coefficient (Wildman–Crippen LogP) is 4.48. The lowest BCUT2D eigenvalue weighted by atomic mass is 10.0. The Morgan fingerprint density at radius 2 is 1.68 bits per heavy atom. The largest absolute Gasteiger partial charge is 0.496 e. The molecule has 8 heteroatoms. The molecule has 3 aromatic rings. The van der Waals surface area contributed by atoms with E-state index in [0.29, 0.717) is 43.1 Å². The quantitative estimate of drug-likeness (QED) is 0.356. The van der Waals surface area contributed by atoms with Crippen molar-refractivity contribution in [1.29, 1.82) is 0 Å². The molecule has 1 aromatic heterocycles. The molecule has 0 radical (unpaired) electrons. The number of carbonyl (C=O) groups excluding carboxylic acids is 2. The summed E-state index contributed by atoms with van der Waals surface area (Å²) >= 11 is 0. The van der Waals surface area contributed by atoms with Crippen LogP contribution in [-0.2, 0) is 17.8 Å². The number of nitrogens with one attached hydrogen (secondary N) is 2. The minimum atomic E-state index is -0.682. The third kappa shape index (κ3) is 7.35. The van der Waals surface area contributed by atoms with Gasteiger partial charge in [0.15, 0.2) is 5.69 Å². The second kappa shape index (κ2) is 13.5. The minimum absolute atomic E-state index is 0.195. The van der Waals surface area contributed by atoms with Crippen molar-refractivity contribution in [2.75, 3.05) is 20.8 Å². The van der Waals surface area contributed by atoms with Crippen LogP contribution >= 0.6 is 0 Å². The molecule has 0 fully saturated rings. The van der Waals surface area contributed by atoms with Crippen LogP contribution in [0.2, 0.25) is 0 Å². The standard InChI is InChI=1S/C29H38N4O4/c1-6-17-30-28(34)22(16-15-21-11-8-7-9-12-21)31-29(35)23-18-24(33(32-23)19-20(2)3)27-25(36-4)13-10-14-26(27)37-5/h7-14,18,20,22H,6,15-17,19H2,1-5H3,(H,30,34)(H,31,35)/t22-/m0/s1. The van der Waals surface area contributed by atoms with Crippen molar-refractivity contribution in [2.45, 2.75) is 52.6 Å². The van der Waals surface area contributed by atoms with Gasteiger partial charge in [-0.05, 0) is 48.9 Å². The number of aromatic nitrogens is 2. The Morgan fingerprint density at radius 1 is 1.00 bits per heavy atom. The van der Waals surface area contributed by atoms with E-state index in [-0.39, 0.29) is 17.5 Å². The smallest absolute Gasteiger partial charge is 0.272 e. The maximum atomic E-state index is 13.4. The normalized spacial score (nSPS) is 11.7. The number of aryl methyl sites for hydroxylation is 1. The first-order valence-electron chi connectivity index (χ1n) is 12.8. The summed E-state index contributed by atoms with van der Waals surface area (Å²) in [6.45, 7) is 7.31. The summed E-state index contributed by atoms with van der Waals surface area (Å²) in [5, 5.41) is 10.5. The number of hydrogen-bond acceptors (Lipinski definition) is 5. The molecule has 0 spiro atoms. The van der Waals surface area contributed by atoms with Gasteiger partial charge in [-0.3, -0.25) is 14.3 Å². The number of ether oxygens (including phenoxy) is 2. The average Bonchev–Trinajstić information content (AvgIpc) is 3.32. The Kier molecular flexibility index (Phi) is 10.1. The molecule has 0 unspecified atom stereocenters. The van der Waals surface area contributed by atoms with Crippen molar-refractivity contribution in [1.82, 2.24) is 20.4 Å². The van der Waals surface area contributed by atoms with E-state index in [1.807, 2.05) is 55.5 Å². The molecule has 0 saturated carbocycles. The zero-order chi connectivity index (χ0) is 26.8. The summed E-state index contributed by atoms with van der Waals surface area (Å²) in [5.74, 6) is 0.933. The first kappa shape index (κ1) is 27.8. The second-order valence-electron chi connectivity index (χ2n) is 9.37. The van der Waals surface area contributed by atoms with Crippen molar-refractivity contribution < 1.29 is 19.1 Å². The molecule has 0 bridgehead atoms. The Balaban J connectivity index is 1.91. The van der Waals surface area contributed by atoms with Gasteiger partial charge in [0, 0.05) is 13.1 Å². The summed E-state index contributed by atoms with van der Waals surface area (Å²) in [6, 6.07) is 16.5. The third-order valence-corrected chi connectivity index (χ3v) is 5.97. The number of nitrogens with zero attached hydrogens (tertiary/aromatic N) is 2. The van der Waals surface area contributed by atoms with Gasteiger partial charge in [-0.2, -0.15) is 5.10 Å². The van der Waals surface area contributed by atoms with Gasteiger partial charge in [0.2, 0.25) is 5.91 Å². The summed E-state index contributed by atoms with van der Waals surface area (Å²) in [6.07, 6.45) is 1.96. The second-order valence-corrected chi connectivity index (χ2v) is 9.37. The molecule has 0 saturated heterocycles. The fraction of sp³-hybridized carbons (Fsp3) is 0.414. The molecule has 0 aliphatic carbocycles. The summed E-state index contributed by atoms with van der Waals surface area (Å²) in [7, 11) is 3.20. The molecule has 1 heterocycles. The van der Waals surface area contributed by atoms with E-state index in [4.69, 9.17) is 9.47 Å². The van der Waals surface area contributed by atoms with Crippen molar-refractivity contribution in [3.05, 3.63) is 65.9 Å². The van der Waals surface area contributed by atoms with Gasteiger partial charge in [0.05, 0.1) is 25.5 Å². The maximum absolute atomic E-state index is 13.4. The SMILES string of the molecule is CCCNC(=O)[C@H](CCc1ccccc1)NC(=O)c1cc(-c2c(OC)cccc2OC)n(CC(C)C)n1. The van der Waals surface area contributed by atoms with Gasteiger partial charge < -0.3 is 20.1 Å². The van der Waals surface area contributed by atoms with Gasteiger partial charge in [-0.25, -0.2) is 0 Å². The van der Waals surface area contributed by atoms with E-state index in [1.165, 1.54) is 0 Å². The van der Waals surface area contributed by atoms with Gasteiger partial charge >= 0.3 is 0 Å². The molecule has 2 N–H and O–H groups in total. The number of amides is 2. The highest BCUT2D eigenvalue weighted by atomic mass is 16.5. The Morgan fingerprint density at radius 3 is 2.27 bits per heavy atom. The van der Waals surface area contributed by atoms with E-state index < -0.39 is 11.9 Å². The topological polar surface area (TPSA) is 94.5 Å². The summed E-state index contributed by atoms with van der Waals surface area (Å²) in [5.41, 5.74) is 2.78. The van der Waals surface area contributed by atoms with Gasteiger partial charge in [-0.15, -0.1) is 0 Å². The fourth-order valence-electron chi connectivity index (χ4n) is 4.15. The van der Waals surface area contributed by atoms with E-state index in [2.05, 4.69) is 29.6 Å². The molecule has 3 rings (SSSR count). The number of methoxy groups -OCH3 is 2. The van der Waals surface area contributed by atoms with Crippen LogP contribution in [0.5, 0.6) is 11.5 Å². The molecule has 0 aliphatic heterocycles. The molecular formula is C29H38N4O4. The number of carbonyl (C=O) groups is 2. The first-order chi connectivity index (χ1) is 17.9. The molecule has 2 aromatic carbocycles. The molecular weight excluding hydrogens is 468 g/mol. The lowest BCUT2D eigenvalue weighted by Gasteiger charge is -2.18. The van der Waals surface area contributed by atoms with Crippen molar-refractivity contribution >= 4 is 11.8 Å². The molecule has 198 valence electrons. The van der Waals surface area contributed by atoms with Crippen LogP contribution in [0.25, 0.3) is 11.3 Å². The van der Waals surface area contributed by atoms with E-state index in [1.54, 1.807) is 25.0 Å². The lowest BCUT2D eigenvalue weighted by molar-refractivity contribution is -0.123. The number of benzene rings is 2. The molecule has 0 aliphatic rings. The highest BCUT2D eigenvalue weighted by Gasteiger charge is 2.25. The molecule has 2 amide bonds. The number of hydrogen-bond donors (Lipinski definition) is 2. The van der Waals surface area contributed by atoms with Gasteiger partial charge in [-0.1, -0.05) is 57.2 Å². The van der Waals surface area contributed by atoms with E-state index in [0.717, 1.165) is 17.5 Å². The van der Waals surface area contributed by atoms with Crippen LogP contribution in [0.3, 0.4) is 0 Å². The van der Waals surface area contributed by atoms with Crippen LogP contribution in [0.1, 0.15) is 49.7 Å². The van der Waals surface area contributed by atoms with Crippen LogP contribution in [0, 0.1) is 5.92 Å². The average molecular weight is 507 g/mol. The van der Waals surface area contributed by atoms with E-state index >= 15 is 0 Å². The van der Waals surface area contributed by atoms with Crippen molar-refractivity contribution in [3.8, 4) is 22.8 Å².